The molecule has 142 valence electrons. The standard InChI is InChI=1S/C20H23N3O2S2/c1-12-18(14-7-9-23(12)10-8-14)22-19(25)15-3-5-16(6-4-15)26-17-11-21-20(27-17)13(2)24/h3-6,11-12,14,18H,7-10H2,1-2H3,(H,22,25)/t12-,18-/m0/s1. The average molecular weight is 402 g/mol. The van der Waals surface area contributed by atoms with Crippen molar-refractivity contribution in [2.45, 2.75) is 47.9 Å². The van der Waals surface area contributed by atoms with Crippen molar-refractivity contribution in [3.63, 3.8) is 0 Å². The molecule has 0 spiro atoms. The number of rotatable bonds is 5. The number of carbonyl (C=O) groups excluding carboxylic acids is 2. The average Bonchev–Trinajstić information content (AvgIpc) is 3.14. The molecule has 3 aliphatic rings. The van der Waals surface area contributed by atoms with Crippen molar-refractivity contribution in [3.05, 3.63) is 41.0 Å². The predicted octanol–water partition coefficient (Wildman–Crippen LogP) is 3.71. The number of nitrogens with zero attached hydrogens (tertiary/aromatic N) is 2. The van der Waals surface area contributed by atoms with Crippen molar-refractivity contribution >= 4 is 34.8 Å². The molecule has 1 aromatic carbocycles. The number of hydrogen-bond acceptors (Lipinski definition) is 6. The largest absolute Gasteiger partial charge is 0.347 e. The lowest BCUT2D eigenvalue weighted by molar-refractivity contribution is 0.0217. The molecule has 0 saturated carbocycles. The van der Waals surface area contributed by atoms with Crippen LogP contribution in [0.4, 0.5) is 0 Å². The van der Waals surface area contributed by atoms with Crippen LogP contribution in [0.1, 0.15) is 46.8 Å². The number of fused-ring (bicyclic) bond motifs is 3. The fourth-order valence-corrected chi connectivity index (χ4v) is 5.89. The molecule has 7 heteroatoms. The van der Waals surface area contributed by atoms with Gasteiger partial charge in [-0.05, 0) is 63.0 Å². The number of benzene rings is 1. The Morgan fingerprint density at radius 1 is 1.22 bits per heavy atom. The maximum absolute atomic E-state index is 12.7. The van der Waals surface area contributed by atoms with Gasteiger partial charge in [0.2, 0.25) is 0 Å². The van der Waals surface area contributed by atoms with Gasteiger partial charge in [0, 0.05) is 29.5 Å². The minimum atomic E-state index is -0.0131. The Balaban J connectivity index is 1.39. The molecule has 3 fully saturated rings. The highest BCUT2D eigenvalue weighted by Crippen LogP contribution is 2.33. The molecule has 5 nitrogen and oxygen atoms in total. The third-order valence-corrected chi connectivity index (χ3v) is 7.80. The van der Waals surface area contributed by atoms with Gasteiger partial charge in [0.05, 0.1) is 10.4 Å². The van der Waals surface area contributed by atoms with Crippen LogP contribution in [-0.2, 0) is 0 Å². The van der Waals surface area contributed by atoms with Crippen molar-refractivity contribution in [1.29, 1.82) is 0 Å². The van der Waals surface area contributed by atoms with Crippen LogP contribution in [0.25, 0.3) is 0 Å². The number of Topliss-reactive ketones (excluding diaryl/α,β-unsaturated/α-hetero) is 1. The molecule has 0 radical (unpaired) electrons. The van der Waals surface area contributed by atoms with Crippen molar-refractivity contribution in [2.75, 3.05) is 13.1 Å². The van der Waals surface area contributed by atoms with E-state index in [2.05, 4.69) is 22.1 Å². The summed E-state index contributed by atoms with van der Waals surface area (Å²) in [6, 6.07) is 8.31. The van der Waals surface area contributed by atoms with Gasteiger partial charge in [0.25, 0.3) is 5.91 Å². The molecule has 4 heterocycles. The van der Waals surface area contributed by atoms with Gasteiger partial charge < -0.3 is 5.32 Å². The highest BCUT2D eigenvalue weighted by molar-refractivity contribution is 8.01. The van der Waals surface area contributed by atoms with Crippen LogP contribution >= 0.6 is 23.1 Å². The van der Waals surface area contributed by atoms with Crippen LogP contribution < -0.4 is 5.32 Å². The van der Waals surface area contributed by atoms with E-state index < -0.39 is 0 Å². The van der Waals surface area contributed by atoms with E-state index in [9.17, 15) is 9.59 Å². The monoisotopic (exact) mass is 401 g/mol. The summed E-state index contributed by atoms with van der Waals surface area (Å²) in [4.78, 5) is 31.7. The Bertz CT molecular complexity index is 839. The second kappa shape index (κ2) is 7.73. The van der Waals surface area contributed by atoms with Crippen LogP contribution in [-0.4, -0.2) is 46.7 Å². The summed E-state index contributed by atoms with van der Waals surface area (Å²) in [5.41, 5.74) is 0.691. The van der Waals surface area contributed by atoms with E-state index in [0.29, 0.717) is 22.5 Å². The summed E-state index contributed by atoms with van der Waals surface area (Å²) in [7, 11) is 0. The Morgan fingerprint density at radius 2 is 1.93 bits per heavy atom. The number of ketones is 1. The molecule has 3 saturated heterocycles. The summed E-state index contributed by atoms with van der Waals surface area (Å²) < 4.78 is 0.971. The number of carbonyl (C=O) groups is 2. The fraction of sp³-hybridized carbons (Fsp3) is 0.450. The van der Waals surface area contributed by atoms with E-state index in [0.717, 1.165) is 22.2 Å². The van der Waals surface area contributed by atoms with E-state index in [1.165, 1.54) is 31.1 Å². The summed E-state index contributed by atoms with van der Waals surface area (Å²) in [5, 5.41) is 3.80. The first-order valence-electron chi connectivity index (χ1n) is 9.31. The summed E-state index contributed by atoms with van der Waals surface area (Å²) in [6.07, 6.45) is 4.09. The zero-order valence-corrected chi connectivity index (χ0v) is 17.1. The lowest BCUT2D eigenvalue weighted by atomic mass is 9.79. The molecule has 1 aromatic heterocycles. The van der Waals surface area contributed by atoms with E-state index in [4.69, 9.17) is 0 Å². The molecule has 2 aromatic rings. The van der Waals surface area contributed by atoms with Gasteiger partial charge in [-0.1, -0.05) is 11.8 Å². The maximum atomic E-state index is 12.7. The highest BCUT2D eigenvalue weighted by Gasteiger charge is 2.40. The zero-order chi connectivity index (χ0) is 19.0. The molecule has 3 aliphatic heterocycles. The minimum Gasteiger partial charge on any atom is -0.347 e. The summed E-state index contributed by atoms with van der Waals surface area (Å²) in [5.74, 6) is 0.597. The molecular formula is C20H23N3O2S2. The molecule has 2 bridgehead atoms. The predicted molar refractivity (Wildman–Crippen MR) is 108 cm³/mol. The lowest BCUT2D eigenvalue weighted by Crippen LogP contribution is -2.62. The molecule has 5 rings (SSSR count). The molecular weight excluding hydrogens is 378 g/mol. The first-order chi connectivity index (χ1) is 13.0. The first-order valence-corrected chi connectivity index (χ1v) is 10.9. The third-order valence-electron chi connectivity index (χ3n) is 5.60. The molecule has 2 atom stereocenters. The number of piperidine rings is 3. The Hall–Kier alpha value is -1.70. The lowest BCUT2D eigenvalue weighted by Gasteiger charge is -2.49. The van der Waals surface area contributed by atoms with Gasteiger partial charge in [0.15, 0.2) is 10.8 Å². The molecule has 1 N–H and O–H groups in total. The second-order valence-electron chi connectivity index (χ2n) is 7.28. The molecule has 1 amide bonds. The number of nitrogens with one attached hydrogen (secondary N) is 1. The Morgan fingerprint density at radius 3 is 2.52 bits per heavy atom. The van der Waals surface area contributed by atoms with Crippen molar-refractivity contribution in [1.82, 2.24) is 15.2 Å². The normalized spacial score (nSPS) is 26.7. The van der Waals surface area contributed by atoms with Crippen LogP contribution in [0.5, 0.6) is 0 Å². The fourth-order valence-electron chi connectivity index (χ4n) is 4.04. The van der Waals surface area contributed by atoms with E-state index >= 15 is 0 Å². The Kier molecular flexibility index (Phi) is 5.34. The zero-order valence-electron chi connectivity index (χ0n) is 15.5. The van der Waals surface area contributed by atoms with E-state index in [1.807, 2.05) is 24.3 Å². The van der Waals surface area contributed by atoms with E-state index in [1.54, 1.807) is 18.0 Å². The van der Waals surface area contributed by atoms with Crippen molar-refractivity contribution in [3.8, 4) is 0 Å². The van der Waals surface area contributed by atoms with Gasteiger partial charge in [0.1, 0.15) is 0 Å². The molecule has 0 unspecified atom stereocenters. The smallest absolute Gasteiger partial charge is 0.251 e. The number of thiazole rings is 1. The highest BCUT2D eigenvalue weighted by atomic mass is 32.2. The van der Waals surface area contributed by atoms with Gasteiger partial charge >= 0.3 is 0 Å². The van der Waals surface area contributed by atoms with Gasteiger partial charge in [-0.25, -0.2) is 4.98 Å². The quantitative estimate of drug-likeness (QED) is 0.774. The SMILES string of the molecule is CC(=O)c1ncc(Sc2ccc(C(=O)N[C@@H]3C4CCN(CC4)[C@H]3C)cc2)s1. The van der Waals surface area contributed by atoms with Crippen LogP contribution in [0.3, 0.4) is 0 Å². The number of amides is 1. The summed E-state index contributed by atoms with van der Waals surface area (Å²) in [6.45, 7) is 6.07. The van der Waals surface area contributed by atoms with Crippen molar-refractivity contribution in [2.24, 2.45) is 5.92 Å². The number of aromatic nitrogens is 1. The van der Waals surface area contributed by atoms with Gasteiger partial charge in [-0.3, -0.25) is 14.5 Å². The second-order valence-corrected chi connectivity index (χ2v) is 9.68. The molecule has 27 heavy (non-hydrogen) atoms. The first kappa shape index (κ1) is 18.7. The molecule has 0 aliphatic carbocycles. The minimum absolute atomic E-state index is 0.00815. The third kappa shape index (κ3) is 3.95. The number of hydrogen-bond donors (Lipinski definition) is 1. The van der Waals surface area contributed by atoms with Crippen molar-refractivity contribution < 1.29 is 9.59 Å². The maximum Gasteiger partial charge on any atom is 0.251 e. The Labute approximate surface area is 167 Å². The van der Waals surface area contributed by atoms with Crippen LogP contribution in [0, 0.1) is 5.92 Å². The van der Waals surface area contributed by atoms with Gasteiger partial charge in [-0.2, -0.15) is 0 Å². The summed E-state index contributed by atoms with van der Waals surface area (Å²) >= 11 is 2.95. The van der Waals surface area contributed by atoms with Crippen LogP contribution in [0.2, 0.25) is 0 Å². The van der Waals surface area contributed by atoms with Gasteiger partial charge in [-0.15, -0.1) is 11.3 Å². The van der Waals surface area contributed by atoms with Crippen LogP contribution in [0.15, 0.2) is 39.6 Å². The topological polar surface area (TPSA) is 62.3 Å². The van der Waals surface area contributed by atoms with E-state index in [-0.39, 0.29) is 17.7 Å².